The molecule has 2 N–H and O–H groups in total. The van der Waals surface area contributed by atoms with Crippen LogP contribution >= 0.6 is 0 Å². The average molecular weight is 248 g/mol. The first-order valence-electron chi connectivity index (χ1n) is 6.84. The minimum Gasteiger partial charge on any atom is -0.381 e. The molecule has 1 saturated heterocycles. The zero-order chi connectivity index (χ0) is 12.8. The van der Waals surface area contributed by atoms with E-state index >= 15 is 0 Å². The Labute approximate surface area is 110 Å². The number of nitrogens with zero attached hydrogens (tertiary/aromatic N) is 1. The minimum absolute atomic E-state index is 0.430. The van der Waals surface area contributed by atoms with Crippen molar-refractivity contribution in [2.24, 2.45) is 5.73 Å². The molecule has 1 atom stereocenters. The Balaban J connectivity index is 1.93. The summed E-state index contributed by atoms with van der Waals surface area (Å²) in [6, 6.07) is 11.2. The van der Waals surface area contributed by atoms with E-state index in [0.29, 0.717) is 18.5 Å². The molecule has 18 heavy (non-hydrogen) atoms. The van der Waals surface area contributed by atoms with E-state index in [4.69, 9.17) is 10.5 Å². The average Bonchev–Trinajstić information content (AvgIpc) is 2.46. The zero-order valence-corrected chi connectivity index (χ0v) is 11.2. The molecule has 2 rings (SSSR count). The van der Waals surface area contributed by atoms with Gasteiger partial charge in [-0.15, -0.1) is 0 Å². The number of hydrogen-bond acceptors (Lipinski definition) is 3. The molecule has 0 spiro atoms. The lowest BCUT2D eigenvalue weighted by Gasteiger charge is -2.33. The molecule has 1 heterocycles. The van der Waals surface area contributed by atoms with Crippen LogP contribution in [0.1, 0.15) is 24.3 Å². The maximum Gasteiger partial charge on any atom is 0.0480 e. The highest BCUT2D eigenvalue weighted by Gasteiger charge is 2.21. The van der Waals surface area contributed by atoms with E-state index in [0.717, 1.165) is 32.6 Å². The number of ether oxygens (including phenoxy) is 1. The maximum atomic E-state index is 5.93. The van der Waals surface area contributed by atoms with Gasteiger partial charge in [-0.1, -0.05) is 30.3 Å². The Bertz CT molecular complexity index is 336. The molecule has 0 aliphatic carbocycles. The molecule has 1 aliphatic rings. The lowest BCUT2D eigenvalue weighted by molar-refractivity contribution is 0.0414. The van der Waals surface area contributed by atoms with E-state index in [1.807, 2.05) is 0 Å². The SMILES string of the molecule is CN(CC(CN)c1ccccc1)C1CCOCC1. The lowest BCUT2D eigenvalue weighted by Crippen LogP contribution is -2.40. The molecule has 0 amide bonds. The standard InChI is InChI=1S/C15H24N2O/c1-17(15-7-9-18-10-8-15)12-14(11-16)13-5-3-2-4-6-13/h2-6,14-15H,7-12,16H2,1H3. The molecule has 1 unspecified atom stereocenters. The van der Waals surface area contributed by atoms with Gasteiger partial charge in [0.25, 0.3) is 0 Å². The third kappa shape index (κ3) is 3.55. The van der Waals surface area contributed by atoms with Gasteiger partial charge in [-0.25, -0.2) is 0 Å². The van der Waals surface area contributed by atoms with Crippen LogP contribution in [-0.4, -0.2) is 44.3 Å². The van der Waals surface area contributed by atoms with E-state index in [2.05, 4.69) is 42.3 Å². The molecule has 0 bridgehead atoms. The molecular weight excluding hydrogens is 224 g/mol. The Morgan fingerprint density at radius 3 is 2.56 bits per heavy atom. The van der Waals surface area contributed by atoms with Crippen LogP contribution in [-0.2, 0) is 4.74 Å². The highest BCUT2D eigenvalue weighted by Crippen LogP contribution is 2.19. The largest absolute Gasteiger partial charge is 0.381 e. The molecule has 1 aromatic rings. The third-order valence-electron chi connectivity index (χ3n) is 3.88. The predicted octanol–water partition coefficient (Wildman–Crippen LogP) is 1.84. The fraction of sp³-hybridized carbons (Fsp3) is 0.600. The predicted molar refractivity (Wildman–Crippen MR) is 74.7 cm³/mol. The fourth-order valence-electron chi connectivity index (χ4n) is 2.66. The van der Waals surface area contributed by atoms with Gasteiger partial charge < -0.3 is 15.4 Å². The molecule has 1 fully saturated rings. The fourth-order valence-corrected chi connectivity index (χ4v) is 2.66. The molecule has 1 aromatic carbocycles. The Hall–Kier alpha value is -0.900. The second-order valence-corrected chi connectivity index (χ2v) is 5.13. The van der Waals surface area contributed by atoms with Crippen LogP contribution in [0, 0.1) is 0 Å². The first-order chi connectivity index (χ1) is 8.81. The number of benzene rings is 1. The quantitative estimate of drug-likeness (QED) is 0.864. The van der Waals surface area contributed by atoms with E-state index in [9.17, 15) is 0 Å². The van der Waals surface area contributed by atoms with Gasteiger partial charge in [-0.2, -0.15) is 0 Å². The topological polar surface area (TPSA) is 38.5 Å². The monoisotopic (exact) mass is 248 g/mol. The summed E-state index contributed by atoms with van der Waals surface area (Å²) in [6.45, 7) is 3.53. The Morgan fingerprint density at radius 2 is 1.94 bits per heavy atom. The smallest absolute Gasteiger partial charge is 0.0480 e. The van der Waals surface area contributed by atoms with Crippen molar-refractivity contribution in [2.75, 3.05) is 33.4 Å². The van der Waals surface area contributed by atoms with Crippen LogP contribution in [0.2, 0.25) is 0 Å². The summed E-state index contributed by atoms with van der Waals surface area (Å²) in [7, 11) is 2.21. The third-order valence-corrected chi connectivity index (χ3v) is 3.88. The number of hydrogen-bond donors (Lipinski definition) is 1. The number of likely N-dealkylation sites (N-methyl/N-ethyl adjacent to an activating group) is 1. The summed E-state index contributed by atoms with van der Waals surface area (Å²) in [6.07, 6.45) is 2.28. The van der Waals surface area contributed by atoms with E-state index in [-0.39, 0.29) is 0 Å². The van der Waals surface area contributed by atoms with Crippen molar-refractivity contribution in [2.45, 2.75) is 24.8 Å². The molecular formula is C15H24N2O. The Morgan fingerprint density at radius 1 is 1.28 bits per heavy atom. The highest BCUT2D eigenvalue weighted by molar-refractivity contribution is 5.20. The summed E-state index contributed by atoms with van der Waals surface area (Å²) in [5.74, 6) is 0.430. The second-order valence-electron chi connectivity index (χ2n) is 5.13. The van der Waals surface area contributed by atoms with Gasteiger partial charge in [-0.05, 0) is 25.5 Å². The van der Waals surface area contributed by atoms with Crippen molar-refractivity contribution in [1.82, 2.24) is 4.90 Å². The van der Waals surface area contributed by atoms with Crippen molar-refractivity contribution in [3.05, 3.63) is 35.9 Å². The van der Waals surface area contributed by atoms with Crippen LogP contribution in [0.4, 0.5) is 0 Å². The first kappa shape index (κ1) is 13.5. The normalized spacial score (nSPS) is 19.1. The zero-order valence-electron chi connectivity index (χ0n) is 11.2. The Kier molecular flexibility index (Phi) is 5.17. The van der Waals surface area contributed by atoms with Crippen molar-refractivity contribution < 1.29 is 4.74 Å². The molecule has 3 nitrogen and oxygen atoms in total. The van der Waals surface area contributed by atoms with E-state index < -0.39 is 0 Å². The highest BCUT2D eigenvalue weighted by atomic mass is 16.5. The molecule has 100 valence electrons. The molecule has 0 saturated carbocycles. The van der Waals surface area contributed by atoms with Gasteiger partial charge in [0.1, 0.15) is 0 Å². The molecule has 0 radical (unpaired) electrons. The number of rotatable bonds is 5. The van der Waals surface area contributed by atoms with Gasteiger partial charge in [0.2, 0.25) is 0 Å². The maximum absolute atomic E-state index is 5.93. The van der Waals surface area contributed by atoms with Crippen LogP contribution in [0.15, 0.2) is 30.3 Å². The second kappa shape index (κ2) is 6.88. The van der Waals surface area contributed by atoms with Crippen molar-refractivity contribution >= 4 is 0 Å². The van der Waals surface area contributed by atoms with Gasteiger partial charge in [0.15, 0.2) is 0 Å². The van der Waals surface area contributed by atoms with Crippen molar-refractivity contribution in [1.29, 1.82) is 0 Å². The summed E-state index contributed by atoms with van der Waals surface area (Å²) >= 11 is 0. The lowest BCUT2D eigenvalue weighted by atomic mass is 9.97. The van der Waals surface area contributed by atoms with Crippen molar-refractivity contribution in [3.8, 4) is 0 Å². The van der Waals surface area contributed by atoms with Crippen LogP contribution < -0.4 is 5.73 Å². The van der Waals surface area contributed by atoms with Crippen molar-refractivity contribution in [3.63, 3.8) is 0 Å². The van der Waals surface area contributed by atoms with E-state index in [1.165, 1.54) is 5.56 Å². The van der Waals surface area contributed by atoms with Crippen LogP contribution in [0.25, 0.3) is 0 Å². The van der Waals surface area contributed by atoms with Gasteiger partial charge >= 0.3 is 0 Å². The van der Waals surface area contributed by atoms with Gasteiger partial charge in [-0.3, -0.25) is 0 Å². The minimum atomic E-state index is 0.430. The summed E-state index contributed by atoms with van der Waals surface area (Å²) < 4.78 is 5.41. The molecule has 0 aromatic heterocycles. The number of nitrogens with two attached hydrogens (primary N) is 1. The summed E-state index contributed by atoms with van der Waals surface area (Å²) in [5, 5.41) is 0. The van der Waals surface area contributed by atoms with E-state index in [1.54, 1.807) is 0 Å². The van der Waals surface area contributed by atoms with Crippen LogP contribution in [0.5, 0.6) is 0 Å². The van der Waals surface area contributed by atoms with Gasteiger partial charge in [0.05, 0.1) is 0 Å². The summed E-state index contributed by atoms with van der Waals surface area (Å²) in [5.41, 5.74) is 7.28. The van der Waals surface area contributed by atoms with Crippen LogP contribution in [0.3, 0.4) is 0 Å². The first-order valence-corrected chi connectivity index (χ1v) is 6.84. The summed E-state index contributed by atoms with van der Waals surface area (Å²) in [4.78, 5) is 2.45. The van der Waals surface area contributed by atoms with Gasteiger partial charge in [0, 0.05) is 38.3 Å². The molecule has 1 aliphatic heterocycles. The molecule has 3 heteroatoms.